The van der Waals surface area contributed by atoms with Gasteiger partial charge in [-0.05, 0) is 70.7 Å². The Morgan fingerprint density at radius 2 is 1.22 bits per heavy atom. The molecule has 0 radical (unpaired) electrons. The van der Waals surface area contributed by atoms with Crippen molar-refractivity contribution < 1.29 is 35.5 Å². The van der Waals surface area contributed by atoms with Gasteiger partial charge in [0.15, 0.2) is 17.5 Å². The molecule has 0 heterocycles. The van der Waals surface area contributed by atoms with E-state index in [0.29, 0.717) is 11.5 Å². The molecule has 1 unspecified atom stereocenters. The second-order valence-corrected chi connectivity index (χ2v) is 10.5. The number of rotatable bonds is 9. The van der Waals surface area contributed by atoms with Crippen molar-refractivity contribution in [2.24, 2.45) is 5.92 Å². The molecule has 1 atom stereocenters. The fourth-order valence-electron chi connectivity index (χ4n) is 5.44. The molecule has 0 amide bonds. The molecule has 8 heteroatoms. The maximum atomic E-state index is 14.8. The van der Waals surface area contributed by atoms with Gasteiger partial charge in [0.1, 0.15) is 22.9 Å². The van der Waals surface area contributed by atoms with Crippen molar-refractivity contribution >= 4 is 0 Å². The number of fused-ring (bicyclic) bond motifs is 1. The standard InChI is InChI=1S/C33H27F7O/c1-2-3-4-5-19-12-22-10-11-23(14-24(22)13-19)20-6-8-21(9-7-20)25-15-27(34)31(28(35)16-25)33(39,40)41-26-17-29(36)32(38)30(37)18-26/h6-11,14-19H,2-5,12-13H2,1H3. The number of hydrogen-bond acceptors (Lipinski definition) is 1. The maximum Gasteiger partial charge on any atom is 0.432 e. The summed E-state index contributed by atoms with van der Waals surface area (Å²) in [7, 11) is 0. The lowest BCUT2D eigenvalue weighted by atomic mass is 9.97. The average Bonchev–Trinajstić information content (AvgIpc) is 3.33. The molecule has 214 valence electrons. The highest BCUT2D eigenvalue weighted by Gasteiger charge is 2.41. The van der Waals surface area contributed by atoms with Crippen LogP contribution in [-0.4, -0.2) is 0 Å². The Kier molecular flexibility index (Phi) is 8.11. The van der Waals surface area contributed by atoms with Crippen LogP contribution in [0, 0.1) is 35.0 Å². The van der Waals surface area contributed by atoms with Crippen LogP contribution in [-0.2, 0) is 19.0 Å². The Hall–Kier alpha value is -3.81. The maximum absolute atomic E-state index is 14.8. The quantitative estimate of drug-likeness (QED) is 0.110. The number of alkyl halides is 2. The van der Waals surface area contributed by atoms with Crippen LogP contribution in [0.1, 0.15) is 49.3 Å². The Morgan fingerprint density at radius 1 is 0.659 bits per heavy atom. The van der Waals surface area contributed by atoms with Crippen molar-refractivity contribution in [1.82, 2.24) is 0 Å². The van der Waals surface area contributed by atoms with Crippen molar-refractivity contribution in [2.75, 3.05) is 0 Å². The molecule has 0 aromatic heterocycles. The SMILES string of the molecule is CCCCCC1Cc2ccc(-c3ccc(-c4cc(F)c(C(F)(F)Oc5cc(F)c(F)c(F)c5)c(F)c4)cc3)cc2C1. The predicted octanol–water partition coefficient (Wildman–Crippen LogP) is 10.1. The van der Waals surface area contributed by atoms with Gasteiger partial charge in [0, 0.05) is 12.1 Å². The van der Waals surface area contributed by atoms with Gasteiger partial charge < -0.3 is 4.74 Å². The van der Waals surface area contributed by atoms with E-state index in [9.17, 15) is 30.7 Å². The Balaban J connectivity index is 1.34. The van der Waals surface area contributed by atoms with Crippen LogP contribution < -0.4 is 4.74 Å². The van der Waals surface area contributed by atoms with Gasteiger partial charge >= 0.3 is 6.11 Å². The van der Waals surface area contributed by atoms with Crippen LogP contribution in [0.2, 0.25) is 0 Å². The summed E-state index contributed by atoms with van der Waals surface area (Å²) in [6.45, 7) is 2.20. The van der Waals surface area contributed by atoms with Gasteiger partial charge in [-0.25, -0.2) is 22.0 Å². The van der Waals surface area contributed by atoms with Crippen molar-refractivity contribution in [1.29, 1.82) is 0 Å². The summed E-state index contributed by atoms with van der Waals surface area (Å²) in [6, 6.07) is 15.0. The second-order valence-electron chi connectivity index (χ2n) is 10.5. The van der Waals surface area contributed by atoms with E-state index in [4.69, 9.17) is 0 Å². The number of ether oxygens (including phenoxy) is 1. The highest BCUT2D eigenvalue weighted by Crippen LogP contribution is 2.38. The predicted molar refractivity (Wildman–Crippen MR) is 143 cm³/mol. The summed E-state index contributed by atoms with van der Waals surface area (Å²) in [5, 5.41) is 0. The molecule has 1 aliphatic carbocycles. The van der Waals surface area contributed by atoms with Gasteiger partial charge in [-0.2, -0.15) is 8.78 Å². The van der Waals surface area contributed by atoms with E-state index in [-0.39, 0.29) is 17.7 Å². The van der Waals surface area contributed by atoms with E-state index in [0.717, 1.165) is 36.1 Å². The molecule has 0 aliphatic heterocycles. The zero-order valence-corrected chi connectivity index (χ0v) is 22.2. The molecule has 0 fully saturated rings. The molecule has 0 bridgehead atoms. The van der Waals surface area contributed by atoms with Crippen LogP contribution >= 0.6 is 0 Å². The fraction of sp³-hybridized carbons (Fsp3) is 0.273. The molecule has 0 N–H and O–H groups in total. The summed E-state index contributed by atoms with van der Waals surface area (Å²) >= 11 is 0. The van der Waals surface area contributed by atoms with Gasteiger partial charge in [0.05, 0.1) is 0 Å². The van der Waals surface area contributed by atoms with Crippen molar-refractivity contribution in [2.45, 2.75) is 51.6 Å². The molecular weight excluding hydrogens is 545 g/mol. The minimum atomic E-state index is -4.64. The third-order valence-corrected chi connectivity index (χ3v) is 7.53. The summed E-state index contributed by atoms with van der Waals surface area (Å²) in [6.07, 6.45) is 2.41. The smallest absolute Gasteiger partial charge is 0.429 e. The molecule has 0 saturated heterocycles. The topological polar surface area (TPSA) is 9.23 Å². The third-order valence-electron chi connectivity index (χ3n) is 7.53. The van der Waals surface area contributed by atoms with E-state index in [2.05, 4.69) is 29.9 Å². The van der Waals surface area contributed by atoms with Crippen LogP contribution in [0.25, 0.3) is 22.3 Å². The van der Waals surface area contributed by atoms with Crippen LogP contribution in [0.15, 0.2) is 66.7 Å². The molecule has 0 saturated carbocycles. The lowest BCUT2D eigenvalue weighted by Gasteiger charge is -2.20. The first kappa shape index (κ1) is 28.7. The van der Waals surface area contributed by atoms with Crippen molar-refractivity contribution in [3.05, 3.63) is 113 Å². The lowest BCUT2D eigenvalue weighted by molar-refractivity contribution is -0.189. The normalized spacial score (nSPS) is 14.8. The third kappa shape index (κ3) is 6.11. The first-order chi connectivity index (χ1) is 19.6. The number of halogens is 7. The molecule has 1 nitrogen and oxygen atoms in total. The highest BCUT2D eigenvalue weighted by molar-refractivity contribution is 5.71. The zero-order chi connectivity index (χ0) is 29.3. The molecular formula is C33H27F7O. The Labute approximate surface area is 233 Å². The molecule has 4 aromatic rings. The summed E-state index contributed by atoms with van der Waals surface area (Å²) in [4.78, 5) is 0. The average molecular weight is 573 g/mol. The Morgan fingerprint density at radius 3 is 1.83 bits per heavy atom. The van der Waals surface area contributed by atoms with E-state index in [1.807, 2.05) is 0 Å². The molecule has 1 aliphatic rings. The highest BCUT2D eigenvalue weighted by atomic mass is 19.3. The van der Waals surface area contributed by atoms with E-state index in [1.54, 1.807) is 24.3 Å². The minimum absolute atomic E-state index is 0.00819. The van der Waals surface area contributed by atoms with Gasteiger partial charge in [0.2, 0.25) is 0 Å². The molecule has 5 rings (SSSR count). The summed E-state index contributed by atoms with van der Waals surface area (Å²) in [5.41, 5.74) is 3.28. The zero-order valence-electron chi connectivity index (χ0n) is 22.2. The number of unbranched alkanes of at least 4 members (excludes halogenated alkanes) is 2. The van der Waals surface area contributed by atoms with Gasteiger partial charge in [-0.15, -0.1) is 0 Å². The Bertz CT molecular complexity index is 1520. The molecule has 0 spiro atoms. The largest absolute Gasteiger partial charge is 0.432 e. The van der Waals surface area contributed by atoms with Crippen LogP contribution in [0.4, 0.5) is 30.7 Å². The van der Waals surface area contributed by atoms with E-state index in [1.165, 1.54) is 36.8 Å². The monoisotopic (exact) mass is 572 g/mol. The van der Waals surface area contributed by atoms with E-state index < -0.39 is 46.5 Å². The van der Waals surface area contributed by atoms with E-state index >= 15 is 0 Å². The minimum Gasteiger partial charge on any atom is -0.429 e. The number of hydrogen-bond donors (Lipinski definition) is 0. The van der Waals surface area contributed by atoms with Gasteiger partial charge in [-0.3, -0.25) is 0 Å². The van der Waals surface area contributed by atoms with Crippen LogP contribution in [0.5, 0.6) is 5.75 Å². The first-order valence-corrected chi connectivity index (χ1v) is 13.5. The lowest BCUT2D eigenvalue weighted by Crippen LogP contribution is -2.25. The summed E-state index contributed by atoms with van der Waals surface area (Å²) < 4.78 is 103. The molecule has 4 aromatic carbocycles. The fourth-order valence-corrected chi connectivity index (χ4v) is 5.44. The van der Waals surface area contributed by atoms with Crippen molar-refractivity contribution in [3.8, 4) is 28.0 Å². The van der Waals surface area contributed by atoms with Crippen LogP contribution in [0.3, 0.4) is 0 Å². The van der Waals surface area contributed by atoms with Crippen molar-refractivity contribution in [3.63, 3.8) is 0 Å². The number of benzene rings is 4. The van der Waals surface area contributed by atoms with Gasteiger partial charge in [-0.1, -0.05) is 68.7 Å². The molecule has 41 heavy (non-hydrogen) atoms. The first-order valence-electron chi connectivity index (χ1n) is 13.5. The summed E-state index contributed by atoms with van der Waals surface area (Å²) in [5.74, 6) is -9.19. The second kappa shape index (κ2) is 11.6. The van der Waals surface area contributed by atoms with Gasteiger partial charge in [0.25, 0.3) is 0 Å².